The van der Waals surface area contributed by atoms with Gasteiger partial charge in [0.05, 0.1) is 11.3 Å². The molecule has 3 aromatic heterocycles. The van der Waals surface area contributed by atoms with Crippen molar-refractivity contribution in [3.05, 3.63) is 66.1 Å². The second-order valence-electron chi connectivity index (χ2n) is 8.75. The van der Waals surface area contributed by atoms with Crippen molar-refractivity contribution in [1.29, 1.82) is 0 Å². The van der Waals surface area contributed by atoms with E-state index in [1.165, 1.54) is 12.1 Å². The predicted octanol–water partition coefficient (Wildman–Crippen LogP) is 4.21. The van der Waals surface area contributed by atoms with Crippen LogP contribution in [0, 0.1) is 5.82 Å². The summed E-state index contributed by atoms with van der Waals surface area (Å²) < 4.78 is 77.8. The van der Waals surface area contributed by atoms with Gasteiger partial charge in [0, 0.05) is 49.5 Å². The Hall–Kier alpha value is -3.81. The Bertz CT molecular complexity index is 1550. The molecule has 0 saturated carbocycles. The lowest BCUT2D eigenvalue weighted by Crippen LogP contribution is -2.34. The molecule has 0 spiro atoms. The fourth-order valence-electron chi connectivity index (χ4n) is 4.31. The maximum Gasteiger partial charge on any atom is 0.419 e. The highest BCUT2D eigenvalue weighted by Crippen LogP contribution is 2.32. The number of aromatic nitrogens is 5. The van der Waals surface area contributed by atoms with Gasteiger partial charge < -0.3 is 10.2 Å². The first-order valence-corrected chi connectivity index (χ1v) is 13.1. The number of benzene rings is 1. The largest absolute Gasteiger partial charge is 0.419 e. The number of hydrogen-bond acceptors (Lipinski definition) is 8. The lowest BCUT2D eigenvalue weighted by molar-refractivity contribution is -0.138. The van der Waals surface area contributed by atoms with Crippen molar-refractivity contribution in [2.75, 3.05) is 29.6 Å². The van der Waals surface area contributed by atoms with Crippen LogP contribution in [0.2, 0.25) is 0 Å². The molecule has 4 aromatic rings. The SMILES string of the molecule is CS(=O)(=O)c1ccc(Nc2cccn3c(C4CCN(c5ncc(C(F)(F)F)cn5)CC4)nnc23)cc1F. The average molecular weight is 536 g/mol. The molecule has 0 radical (unpaired) electrons. The van der Waals surface area contributed by atoms with Crippen LogP contribution in [0.15, 0.2) is 53.8 Å². The van der Waals surface area contributed by atoms with Crippen LogP contribution in [-0.4, -0.2) is 52.3 Å². The van der Waals surface area contributed by atoms with E-state index in [0.29, 0.717) is 43.0 Å². The molecule has 1 aliphatic heterocycles. The van der Waals surface area contributed by atoms with Gasteiger partial charge in [-0.05, 0) is 43.2 Å². The molecule has 0 bridgehead atoms. The van der Waals surface area contributed by atoms with E-state index in [1.807, 2.05) is 15.5 Å². The minimum Gasteiger partial charge on any atom is -0.352 e. The monoisotopic (exact) mass is 535 g/mol. The molecule has 5 rings (SSSR count). The normalized spacial score (nSPS) is 15.3. The van der Waals surface area contributed by atoms with Crippen molar-refractivity contribution in [3.8, 4) is 0 Å². The number of pyridine rings is 1. The average Bonchev–Trinajstić information content (AvgIpc) is 3.28. The van der Waals surface area contributed by atoms with Gasteiger partial charge in [0.15, 0.2) is 15.5 Å². The summed E-state index contributed by atoms with van der Waals surface area (Å²) in [5.41, 5.74) is 0.536. The van der Waals surface area contributed by atoms with Gasteiger partial charge in [-0.3, -0.25) is 4.40 Å². The zero-order chi connectivity index (χ0) is 26.4. The summed E-state index contributed by atoms with van der Waals surface area (Å²) >= 11 is 0. The van der Waals surface area contributed by atoms with E-state index in [2.05, 4.69) is 25.5 Å². The summed E-state index contributed by atoms with van der Waals surface area (Å²) in [6, 6.07) is 7.32. The Morgan fingerprint density at radius 2 is 1.76 bits per heavy atom. The standard InChI is InChI=1S/C23H21F4N7O2S/c1-37(35,36)19-5-4-16(11-17(19)24)30-18-3-2-8-34-20(31-32-21(18)34)14-6-9-33(10-7-14)22-28-12-15(13-29-22)23(25,26)27/h2-5,8,11-14,30H,6-7,9-10H2,1H3. The predicted molar refractivity (Wildman–Crippen MR) is 127 cm³/mol. The minimum atomic E-state index is -4.48. The van der Waals surface area contributed by atoms with E-state index in [9.17, 15) is 26.0 Å². The summed E-state index contributed by atoms with van der Waals surface area (Å²) in [6.07, 6.45) is 1.18. The van der Waals surface area contributed by atoms with Gasteiger partial charge in [-0.15, -0.1) is 10.2 Å². The zero-order valence-corrected chi connectivity index (χ0v) is 20.3. The number of alkyl halides is 3. The van der Waals surface area contributed by atoms with Crippen molar-refractivity contribution in [2.45, 2.75) is 29.8 Å². The van der Waals surface area contributed by atoms with E-state index >= 15 is 0 Å². The molecular formula is C23H21F4N7O2S. The molecule has 0 aliphatic carbocycles. The van der Waals surface area contributed by atoms with Crippen LogP contribution in [0.3, 0.4) is 0 Å². The fraction of sp³-hybridized carbons (Fsp3) is 0.304. The number of hydrogen-bond donors (Lipinski definition) is 1. The van der Waals surface area contributed by atoms with Crippen molar-refractivity contribution >= 4 is 32.8 Å². The lowest BCUT2D eigenvalue weighted by atomic mass is 9.96. The van der Waals surface area contributed by atoms with Crippen molar-refractivity contribution < 1.29 is 26.0 Å². The molecule has 0 amide bonds. The molecule has 0 atom stereocenters. The third-order valence-electron chi connectivity index (χ3n) is 6.18. The van der Waals surface area contributed by atoms with Crippen LogP contribution in [-0.2, 0) is 16.0 Å². The van der Waals surface area contributed by atoms with Crippen LogP contribution in [0.1, 0.15) is 30.1 Å². The Kier molecular flexibility index (Phi) is 6.22. The minimum absolute atomic E-state index is 0.0439. The van der Waals surface area contributed by atoms with Gasteiger partial charge in [-0.2, -0.15) is 13.2 Å². The molecule has 1 fully saturated rings. The van der Waals surface area contributed by atoms with E-state index < -0.39 is 27.4 Å². The van der Waals surface area contributed by atoms with Crippen LogP contribution in [0.4, 0.5) is 34.9 Å². The number of sulfone groups is 1. The highest BCUT2D eigenvalue weighted by atomic mass is 32.2. The van der Waals surface area contributed by atoms with Crippen LogP contribution in [0.5, 0.6) is 0 Å². The lowest BCUT2D eigenvalue weighted by Gasteiger charge is -2.31. The molecule has 37 heavy (non-hydrogen) atoms. The third-order valence-corrected chi connectivity index (χ3v) is 7.31. The zero-order valence-electron chi connectivity index (χ0n) is 19.4. The summed E-state index contributed by atoms with van der Waals surface area (Å²) in [5, 5.41) is 11.7. The Balaban J connectivity index is 1.31. The van der Waals surface area contributed by atoms with Gasteiger partial charge in [-0.25, -0.2) is 22.8 Å². The van der Waals surface area contributed by atoms with Crippen LogP contribution >= 0.6 is 0 Å². The first-order valence-electron chi connectivity index (χ1n) is 11.2. The van der Waals surface area contributed by atoms with Crippen LogP contribution in [0.25, 0.3) is 5.65 Å². The molecule has 194 valence electrons. The number of nitrogens with one attached hydrogen (secondary N) is 1. The number of halogens is 4. The first kappa shape index (κ1) is 24.9. The molecule has 9 nitrogen and oxygen atoms in total. The van der Waals surface area contributed by atoms with Gasteiger partial charge in [0.1, 0.15) is 16.5 Å². The van der Waals surface area contributed by atoms with Gasteiger partial charge in [0.2, 0.25) is 5.95 Å². The molecule has 1 aromatic carbocycles. The topological polar surface area (TPSA) is 105 Å². The maximum atomic E-state index is 14.3. The maximum absolute atomic E-state index is 14.3. The Labute approximate surface area is 209 Å². The van der Waals surface area contributed by atoms with Crippen molar-refractivity contribution in [1.82, 2.24) is 24.6 Å². The van der Waals surface area contributed by atoms with Gasteiger partial charge >= 0.3 is 6.18 Å². The Morgan fingerprint density at radius 1 is 1.05 bits per heavy atom. The second-order valence-corrected chi connectivity index (χ2v) is 10.7. The molecule has 1 saturated heterocycles. The number of rotatable bonds is 5. The first-order chi connectivity index (χ1) is 17.5. The number of anilines is 3. The number of fused-ring (bicyclic) bond motifs is 1. The highest BCUT2D eigenvalue weighted by Gasteiger charge is 2.32. The van der Waals surface area contributed by atoms with E-state index in [-0.39, 0.29) is 16.8 Å². The summed E-state index contributed by atoms with van der Waals surface area (Å²) in [4.78, 5) is 9.21. The molecule has 1 aliphatic rings. The third kappa shape index (κ3) is 5.05. The highest BCUT2D eigenvalue weighted by molar-refractivity contribution is 7.90. The smallest absolute Gasteiger partial charge is 0.352 e. The molecule has 4 heterocycles. The number of piperidine rings is 1. The molecule has 0 unspecified atom stereocenters. The summed E-state index contributed by atoms with van der Waals surface area (Å²) in [6.45, 7) is 1.07. The second kappa shape index (κ2) is 9.25. The molecular weight excluding hydrogens is 514 g/mol. The van der Waals surface area contributed by atoms with E-state index in [4.69, 9.17) is 0 Å². The van der Waals surface area contributed by atoms with E-state index in [1.54, 1.807) is 12.1 Å². The number of nitrogens with zero attached hydrogens (tertiary/aromatic N) is 6. The summed E-state index contributed by atoms with van der Waals surface area (Å²) in [7, 11) is -3.68. The van der Waals surface area contributed by atoms with Gasteiger partial charge in [0.25, 0.3) is 0 Å². The van der Waals surface area contributed by atoms with Crippen molar-refractivity contribution in [2.24, 2.45) is 0 Å². The molecule has 1 N–H and O–H groups in total. The fourth-order valence-corrected chi connectivity index (χ4v) is 5.04. The summed E-state index contributed by atoms with van der Waals surface area (Å²) in [5.74, 6) is 0.163. The van der Waals surface area contributed by atoms with E-state index in [0.717, 1.165) is 30.5 Å². The Morgan fingerprint density at radius 3 is 2.38 bits per heavy atom. The van der Waals surface area contributed by atoms with Crippen LogP contribution < -0.4 is 10.2 Å². The van der Waals surface area contributed by atoms with Crippen molar-refractivity contribution in [3.63, 3.8) is 0 Å². The quantitative estimate of drug-likeness (QED) is 0.379. The van der Waals surface area contributed by atoms with Gasteiger partial charge in [-0.1, -0.05) is 0 Å². The molecule has 14 heteroatoms.